The molecule has 5 nitrogen and oxygen atoms in total. The van der Waals surface area contributed by atoms with Gasteiger partial charge in [0.15, 0.2) is 11.6 Å². The summed E-state index contributed by atoms with van der Waals surface area (Å²) in [6, 6.07) is 11.0. The first-order valence-corrected chi connectivity index (χ1v) is 8.74. The molecule has 0 unspecified atom stereocenters. The number of benzene rings is 3. The molecule has 8 heteroatoms. The van der Waals surface area contributed by atoms with E-state index in [4.69, 9.17) is 14.2 Å². The average Bonchev–Trinajstić information content (AvgIpc) is 2.76. The van der Waals surface area contributed by atoms with Crippen molar-refractivity contribution in [1.82, 2.24) is 4.98 Å². The van der Waals surface area contributed by atoms with Crippen molar-refractivity contribution in [2.75, 3.05) is 14.2 Å². The molecule has 1 heterocycles. The summed E-state index contributed by atoms with van der Waals surface area (Å²) in [7, 11) is 2.89. The van der Waals surface area contributed by atoms with Crippen molar-refractivity contribution >= 4 is 27.8 Å². The maximum absolute atomic E-state index is 14.1. The first-order valence-electron chi connectivity index (χ1n) is 8.74. The average molecular weight is 413 g/mol. The van der Waals surface area contributed by atoms with Crippen LogP contribution < -0.4 is 14.2 Å². The lowest BCUT2D eigenvalue weighted by Crippen LogP contribution is -2.13. The van der Waals surface area contributed by atoms with Gasteiger partial charge in [-0.3, -0.25) is 0 Å². The molecule has 0 aliphatic heterocycles. The molecule has 152 valence electrons. The van der Waals surface area contributed by atoms with Crippen LogP contribution in [0.4, 0.5) is 13.2 Å². The fourth-order valence-electron chi connectivity index (χ4n) is 3.20. The lowest BCUT2D eigenvalue weighted by Gasteiger charge is -2.14. The van der Waals surface area contributed by atoms with Crippen LogP contribution >= 0.6 is 0 Å². The molecule has 1 aromatic heterocycles. The molecule has 0 saturated heterocycles. The smallest absolute Gasteiger partial charge is 0.345 e. The molecule has 30 heavy (non-hydrogen) atoms. The molecular weight excluding hydrogens is 399 g/mol. The number of esters is 1. The van der Waals surface area contributed by atoms with Crippen molar-refractivity contribution in [3.8, 4) is 17.2 Å². The van der Waals surface area contributed by atoms with Gasteiger partial charge in [-0.25, -0.2) is 18.6 Å². The van der Waals surface area contributed by atoms with Crippen molar-refractivity contribution in [3.05, 3.63) is 71.5 Å². The van der Waals surface area contributed by atoms with E-state index in [1.165, 1.54) is 14.2 Å². The normalized spacial score (nSPS) is 11.0. The van der Waals surface area contributed by atoms with Crippen LogP contribution in [-0.4, -0.2) is 25.2 Å². The van der Waals surface area contributed by atoms with Crippen LogP contribution in [0.3, 0.4) is 0 Å². The number of hydrogen-bond acceptors (Lipinski definition) is 5. The number of hydrogen-bond donors (Lipinski definition) is 0. The molecule has 0 aliphatic carbocycles. The molecule has 0 atom stereocenters. The second-order valence-electron chi connectivity index (χ2n) is 6.29. The zero-order chi connectivity index (χ0) is 21.4. The Labute approximate surface area is 168 Å². The van der Waals surface area contributed by atoms with Crippen LogP contribution in [0, 0.1) is 17.5 Å². The van der Waals surface area contributed by atoms with Crippen LogP contribution in [-0.2, 0) is 0 Å². The SMILES string of the molecule is COc1ccc2c(C(=O)Oc3c(F)ccc(F)c3F)c3c(OC)cccc3nc2c1. The van der Waals surface area contributed by atoms with E-state index in [1.54, 1.807) is 36.4 Å². The van der Waals surface area contributed by atoms with E-state index in [9.17, 15) is 18.0 Å². The van der Waals surface area contributed by atoms with Crippen LogP contribution in [0.25, 0.3) is 21.8 Å². The van der Waals surface area contributed by atoms with Gasteiger partial charge in [0.25, 0.3) is 0 Å². The summed E-state index contributed by atoms with van der Waals surface area (Å²) < 4.78 is 57.2. The number of halogens is 3. The minimum Gasteiger partial charge on any atom is -0.497 e. The maximum Gasteiger partial charge on any atom is 0.345 e. The lowest BCUT2D eigenvalue weighted by atomic mass is 10.0. The van der Waals surface area contributed by atoms with Crippen LogP contribution in [0.2, 0.25) is 0 Å². The highest BCUT2D eigenvalue weighted by molar-refractivity contribution is 6.16. The van der Waals surface area contributed by atoms with E-state index in [0.29, 0.717) is 45.4 Å². The fourth-order valence-corrected chi connectivity index (χ4v) is 3.20. The molecule has 0 spiro atoms. The van der Waals surface area contributed by atoms with Gasteiger partial charge in [0, 0.05) is 11.5 Å². The number of carbonyl (C=O) groups excluding carboxylic acids is 1. The third-order valence-corrected chi connectivity index (χ3v) is 4.59. The monoisotopic (exact) mass is 413 g/mol. The topological polar surface area (TPSA) is 57.7 Å². The standard InChI is InChI=1S/C22H14F3NO4/c1-28-11-6-7-12-16(10-11)26-15-4-3-5-17(29-2)19(15)18(12)22(27)30-21-14(24)9-8-13(23)20(21)25/h3-10H,1-2H3. The second kappa shape index (κ2) is 7.55. The number of aromatic nitrogens is 1. The van der Waals surface area contributed by atoms with E-state index in [-0.39, 0.29) is 5.56 Å². The van der Waals surface area contributed by atoms with Gasteiger partial charge in [-0.1, -0.05) is 6.07 Å². The number of ether oxygens (including phenoxy) is 3. The maximum atomic E-state index is 14.1. The summed E-state index contributed by atoms with van der Waals surface area (Å²) in [5, 5.41) is 0.634. The van der Waals surface area contributed by atoms with Crippen LogP contribution in [0.15, 0.2) is 48.5 Å². The third-order valence-electron chi connectivity index (χ3n) is 4.59. The Morgan fingerprint density at radius 2 is 1.67 bits per heavy atom. The Kier molecular flexibility index (Phi) is 4.91. The highest BCUT2D eigenvalue weighted by atomic mass is 19.2. The molecule has 0 saturated carbocycles. The first kappa shape index (κ1) is 19.5. The van der Waals surface area contributed by atoms with Gasteiger partial charge in [0.2, 0.25) is 11.6 Å². The van der Waals surface area contributed by atoms with Crippen molar-refractivity contribution < 1.29 is 32.2 Å². The zero-order valence-corrected chi connectivity index (χ0v) is 15.8. The fraction of sp³-hybridized carbons (Fsp3) is 0.0909. The number of pyridine rings is 1. The van der Waals surface area contributed by atoms with Crippen molar-refractivity contribution in [2.45, 2.75) is 0 Å². The largest absolute Gasteiger partial charge is 0.497 e. The number of rotatable bonds is 4. The molecule has 0 radical (unpaired) electrons. The molecule has 0 fully saturated rings. The summed E-state index contributed by atoms with van der Waals surface area (Å²) in [5.41, 5.74) is 0.752. The Balaban J connectivity index is 1.99. The molecule has 0 amide bonds. The third kappa shape index (κ3) is 3.16. The number of methoxy groups -OCH3 is 2. The molecule has 4 rings (SSSR count). The van der Waals surface area contributed by atoms with E-state index in [1.807, 2.05) is 0 Å². The Morgan fingerprint density at radius 1 is 0.900 bits per heavy atom. The Bertz CT molecular complexity index is 1310. The minimum atomic E-state index is -1.60. The van der Waals surface area contributed by atoms with E-state index in [0.717, 1.165) is 0 Å². The number of carbonyl (C=O) groups is 1. The van der Waals surface area contributed by atoms with Crippen molar-refractivity contribution in [3.63, 3.8) is 0 Å². The second-order valence-corrected chi connectivity index (χ2v) is 6.29. The van der Waals surface area contributed by atoms with Gasteiger partial charge < -0.3 is 14.2 Å². The summed E-state index contributed by atoms with van der Waals surface area (Å²) in [4.78, 5) is 17.6. The Morgan fingerprint density at radius 3 is 2.40 bits per heavy atom. The summed E-state index contributed by atoms with van der Waals surface area (Å²) >= 11 is 0. The van der Waals surface area contributed by atoms with Gasteiger partial charge in [-0.05, 0) is 36.4 Å². The van der Waals surface area contributed by atoms with E-state index < -0.39 is 29.2 Å². The molecule has 0 bridgehead atoms. The highest BCUT2D eigenvalue weighted by Gasteiger charge is 2.25. The highest BCUT2D eigenvalue weighted by Crippen LogP contribution is 2.35. The van der Waals surface area contributed by atoms with Crippen LogP contribution in [0.5, 0.6) is 17.2 Å². The molecular formula is C22H14F3NO4. The quantitative estimate of drug-likeness (QED) is 0.203. The number of fused-ring (bicyclic) bond motifs is 2. The van der Waals surface area contributed by atoms with E-state index >= 15 is 0 Å². The van der Waals surface area contributed by atoms with Gasteiger partial charge in [-0.2, -0.15) is 4.39 Å². The predicted octanol–water partition coefficient (Wildman–Crippen LogP) is 5.04. The lowest BCUT2D eigenvalue weighted by molar-refractivity contribution is 0.0722. The summed E-state index contributed by atoms with van der Waals surface area (Å²) in [6.45, 7) is 0. The Hall–Kier alpha value is -3.81. The molecule has 4 aromatic rings. The first-order chi connectivity index (χ1) is 14.4. The molecule has 0 N–H and O–H groups in total. The van der Waals surface area contributed by atoms with Gasteiger partial charge in [-0.15, -0.1) is 0 Å². The van der Waals surface area contributed by atoms with Crippen LogP contribution in [0.1, 0.15) is 10.4 Å². The summed E-state index contributed by atoms with van der Waals surface area (Å²) in [5.74, 6) is -5.56. The molecule has 0 aliphatic rings. The summed E-state index contributed by atoms with van der Waals surface area (Å²) in [6.07, 6.45) is 0. The minimum absolute atomic E-state index is 0.0295. The predicted molar refractivity (Wildman–Crippen MR) is 104 cm³/mol. The van der Waals surface area contributed by atoms with Gasteiger partial charge in [0.1, 0.15) is 11.5 Å². The zero-order valence-electron chi connectivity index (χ0n) is 15.8. The van der Waals surface area contributed by atoms with Gasteiger partial charge >= 0.3 is 5.97 Å². The number of nitrogens with zero attached hydrogens (tertiary/aromatic N) is 1. The molecule has 3 aromatic carbocycles. The van der Waals surface area contributed by atoms with E-state index in [2.05, 4.69) is 4.98 Å². The van der Waals surface area contributed by atoms with Crippen molar-refractivity contribution in [1.29, 1.82) is 0 Å². The van der Waals surface area contributed by atoms with Gasteiger partial charge in [0.05, 0.1) is 36.2 Å². The van der Waals surface area contributed by atoms with Crippen molar-refractivity contribution in [2.24, 2.45) is 0 Å².